The molecule has 6 atom stereocenters. The fraction of sp³-hybridized carbons (Fsp3) is 0.711. The number of unbranched alkanes of at least 4 members (excludes halogenated alkanes) is 1. The van der Waals surface area contributed by atoms with Gasteiger partial charge in [-0.3, -0.25) is 5.32 Å². The van der Waals surface area contributed by atoms with Gasteiger partial charge in [-0.2, -0.15) is 12.0 Å². The Morgan fingerprint density at radius 1 is 1.09 bits per heavy atom. The fourth-order valence-electron chi connectivity index (χ4n) is 11.1. The molecule has 292 valence electrons. The second-order valence-electron chi connectivity index (χ2n) is 17.8. The first kappa shape index (κ1) is 38.6. The quantitative estimate of drug-likeness (QED) is 0.104. The third-order valence-electron chi connectivity index (χ3n) is 13.8. The van der Waals surface area contributed by atoms with Gasteiger partial charge in [0.2, 0.25) is 0 Å². The number of aromatic hydroxyl groups is 1. The lowest BCUT2D eigenvalue weighted by atomic mass is 9.66. The van der Waals surface area contributed by atoms with Gasteiger partial charge in [0, 0.05) is 31.3 Å². The van der Waals surface area contributed by atoms with Gasteiger partial charge in [0.1, 0.15) is 18.2 Å². The maximum Gasteiger partial charge on any atom is 0.190 e. The van der Waals surface area contributed by atoms with E-state index in [0.717, 1.165) is 87.1 Å². The molecule has 0 bridgehead atoms. The van der Waals surface area contributed by atoms with Gasteiger partial charge in [-0.1, -0.05) is 70.1 Å². The van der Waals surface area contributed by atoms with Crippen molar-refractivity contribution in [3.05, 3.63) is 59.2 Å². The lowest BCUT2D eigenvalue weighted by Crippen LogP contribution is -2.50. The minimum absolute atomic E-state index is 0.0151. The van der Waals surface area contributed by atoms with Crippen molar-refractivity contribution in [1.82, 2.24) is 10.6 Å². The molecule has 1 spiro atoms. The standard InChI is InChI=1S/C45H67N3O5/c1-4-5-13-42-32(28-49)23-33(53-42)16-14-31-15-17-41(51)43(22-31)52-29-40(48-44(3)18-6-7-19-44)38-24-35-36(27-46-26-30(2)50)34-11-10-12-37(34)45(20-8-9-21-45)25-39(35)47-38/h15,17,22-24,30,34,36-37,40,42,46,48-51H,4-14,16,18-21,25-29H2,1-3H3. The molecular formula is C45H67N3O5. The van der Waals surface area contributed by atoms with Crippen LogP contribution in [0.3, 0.4) is 0 Å². The molecule has 6 aliphatic rings. The number of nitrogens with one attached hydrogen (secondary N) is 2. The third-order valence-corrected chi connectivity index (χ3v) is 13.8. The van der Waals surface area contributed by atoms with Crippen molar-refractivity contribution in [2.75, 3.05) is 26.3 Å². The molecule has 4 fully saturated rings. The SMILES string of the molecule is CCCCC1OC(CCc2ccc(O)c(OCC(NC3(C)CCCC3)[C+]3C=C4C(=N3)CC3(CCCC3)C3CCCC3C4CNCC(C)O)c2)=C[C-]1CO. The van der Waals surface area contributed by atoms with Crippen molar-refractivity contribution in [2.45, 2.75) is 154 Å². The molecule has 4 aliphatic carbocycles. The summed E-state index contributed by atoms with van der Waals surface area (Å²) in [7, 11) is 0. The van der Waals surface area contributed by atoms with Crippen LogP contribution in [-0.2, 0) is 11.2 Å². The van der Waals surface area contributed by atoms with Gasteiger partial charge in [-0.25, -0.2) is 0 Å². The Morgan fingerprint density at radius 3 is 2.64 bits per heavy atom. The predicted octanol–water partition coefficient (Wildman–Crippen LogP) is 7.91. The molecule has 0 saturated heterocycles. The van der Waals surface area contributed by atoms with E-state index in [0.29, 0.717) is 36.2 Å². The molecule has 53 heavy (non-hydrogen) atoms. The van der Waals surface area contributed by atoms with Gasteiger partial charge >= 0.3 is 0 Å². The number of allylic oxidation sites excluding steroid dienone is 1. The van der Waals surface area contributed by atoms with E-state index in [4.69, 9.17) is 14.5 Å². The molecule has 2 heterocycles. The van der Waals surface area contributed by atoms with E-state index in [9.17, 15) is 15.3 Å². The first-order chi connectivity index (χ1) is 25.7. The van der Waals surface area contributed by atoms with Crippen LogP contribution < -0.4 is 15.4 Å². The van der Waals surface area contributed by atoms with Crippen LogP contribution in [0.5, 0.6) is 11.5 Å². The third kappa shape index (κ3) is 8.77. The van der Waals surface area contributed by atoms with E-state index in [-0.39, 0.29) is 36.1 Å². The second-order valence-corrected chi connectivity index (χ2v) is 17.8. The van der Waals surface area contributed by atoms with E-state index in [1.165, 1.54) is 69.1 Å². The number of phenolic OH excluding ortho intramolecular Hbond substituents is 1. The first-order valence-corrected chi connectivity index (χ1v) is 21.3. The van der Waals surface area contributed by atoms with E-state index in [1.54, 1.807) is 6.07 Å². The number of aryl methyl sites for hydroxylation is 1. The van der Waals surface area contributed by atoms with Crippen molar-refractivity contribution in [2.24, 2.45) is 28.2 Å². The number of aliphatic imine (C=N–C) groups is 1. The molecule has 0 amide bonds. The molecule has 5 N–H and O–H groups in total. The maximum atomic E-state index is 11.0. The van der Waals surface area contributed by atoms with Crippen molar-refractivity contribution in [3.8, 4) is 11.5 Å². The molecule has 7 rings (SSSR count). The van der Waals surface area contributed by atoms with Crippen molar-refractivity contribution < 1.29 is 24.8 Å². The van der Waals surface area contributed by atoms with Crippen LogP contribution >= 0.6 is 0 Å². The van der Waals surface area contributed by atoms with Crippen molar-refractivity contribution >= 4 is 5.71 Å². The Morgan fingerprint density at radius 2 is 1.89 bits per heavy atom. The van der Waals surface area contributed by atoms with Gasteiger partial charge in [-0.15, -0.1) is 4.99 Å². The highest BCUT2D eigenvalue weighted by atomic mass is 16.5. The Bertz CT molecular complexity index is 1470. The second kappa shape index (κ2) is 17.0. The number of nitrogens with zero attached hydrogens (tertiary/aromatic N) is 1. The Balaban J connectivity index is 1.10. The average molecular weight is 730 g/mol. The van der Waals surface area contributed by atoms with E-state index in [2.05, 4.69) is 30.6 Å². The molecule has 1 aromatic carbocycles. The highest BCUT2D eigenvalue weighted by molar-refractivity contribution is 6.04. The molecule has 0 radical (unpaired) electrons. The monoisotopic (exact) mass is 730 g/mol. The van der Waals surface area contributed by atoms with Gasteiger partial charge in [0.15, 0.2) is 23.3 Å². The van der Waals surface area contributed by atoms with E-state index >= 15 is 0 Å². The number of hydrogen-bond donors (Lipinski definition) is 5. The maximum absolute atomic E-state index is 11.0. The zero-order valence-electron chi connectivity index (χ0n) is 32.8. The number of aliphatic hydroxyl groups excluding tert-OH is 2. The van der Waals surface area contributed by atoms with Gasteiger partial charge < -0.3 is 30.1 Å². The Hall–Kier alpha value is -2.65. The summed E-state index contributed by atoms with van der Waals surface area (Å²) in [5, 5.41) is 38.7. The van der Waals surface area contributed by atoms with E-state index in [1.807, 2.05) is 25.1 Å². The molecule has 2 aliphatic heterocycles. The minimum Gasteiger partial charge on any atom is -0.592 e. The predicted molar refractivity (Wildman–Crippen MR) is 212 cm³/mol. The molecule has 4 saturated carbocycles. The largest absolute Gasteiger partial charge is 0.592 e. The summed E-state index contributed by atoms with van der Waals surface area (Å²) < 4.78 is 12.8. The molecule has 1 aromatic rings. The van der Waals surface area contributed by atoms with Gasteiger partial charge in [-0.05, 0) is 100 Å². The summed E-state index contributed by atoms with van der Waals surface area (Å²) in [6, 6.07) is 6.66. The van der Waals surface area contributed by atoms with Crippen LogP contribution in [0, 0.1) is 35.1 Å². The molecule has 8 nitrogen and oxygen atoms in total. The molecule has 0 aromatic heterocycles. The number of phenols is 1. The lowest BCUT2D eigenvalue weighted by molar-refractivity contribution is 0.115. The van der Waals surface area contributed by atoms with Gasteiger partial charge in [0.05, 0.1) is 24.5 Å². The summed E-state index contributed by atoms with van der Waals surface area (Å²) in [6.07, 6.45) is 23.8. The van der Waals surface area contributed by atoms with Crippen LogP contribution in [0.2, 0.25) is 0 Å². The number of rotatable bonds is 17. The van der Waals surface area contributed by atoms with Crippen LogP contribution in [0.4, 0.5) is 0 Å². The molecular weight excluding hydrogens is 663 g/mol. The number of ether oxygens (including phenoxy) is 2. The van der Waals surface area contributed by atoms with Crippen molar-refractivity contribution in [3.63, 3.8) is 0 Å². The fourth-order valence-corrected chi connectivity index (χ4v) is 11.1. The number of hydrogen-bond acceptors (Lipinski definition) is 8. The Labute approximate surface area is 319 Å². The van der Waals surface area contributed by atoms with Gasteiger partial charge in [0.25, 0.3) is 0 Å². The first-order valence-electron chi connectivity index (χ1n) is 21.3. The summed E-state index contributed by atoms with van der Waals surface area (Å²) in [6.45, 7) is 8.30. The highest BCUT2D eigenvalue weighted by Crippen LogP contribution is 2.60. The van der Waals surface area contributed by atoms with Crippen LogP contribution in [0.15, 0.2) is 46.7 Å². The van der Waals surface area contributed by atoms with E-state index < -0.39 is 0 Å². The number of aliphatic hydroxyl groups is 2. The lowest BCUT2D eigenvalue weighted by Gasteiger charge is -2.37. The Kier molecular flexibility index (Phi) is 12.4. The molecule has 8 heteroatoms. The highest BCUT2D eigenvalue weighted by Gasteiger charge is 2.57. The summed E-state index contributed by atoms with van der Waals surface area (Å²) in [4.78, 5) is 5.57. The normalized spacial score (nSPS) is 28.3. The van der Waals surface area contributed by atoms with Crippen LogP contribution in [-0.4, -0.2) is 71.1 Å². The zero-order chi connectivity index (χ0) is 37.0. The zero-order valence-corrected chi connectivity index (χ0v) is 32.8. The van der Waals surface area contributed by atoms with Crippen LogP contribution in [0.25, 0.3) is 0 Å². The smallest absolute Gasteiger partial charge is 0.190 e. The summed E-state index contributed by atoms with van der Waals surface area (Å²) >= 11 is 0. The summed E-state index contributed by atoms with van der Waals surface area (Å²) in [5.74, 6) is 4.36. The molecule has 6 unspecified atom stereocenters. The van der Waals surface area contributed by atoms with Crippen LogP contribution in [0.1, 0.15) is 129 Å². The summed E-state index contributed by atoms with van der Waals surface area (Å²) in [5.41, 5.74) is 4.19. The minimum atomic E-state index is -0.365. The topological polar surface area (TPSA) is 116 Å². The number of benzene rings is 1. The average Bonchev–Trinajstić information content (AvgIpc) is 3.99. The number of fused-ring (bicyclic) bond motifs is 3. The van der Waals surface area contributed by atoms with Crippen molar-refractivity contribution in [1.29, 1.82) is 0 Å².